The number of β-lactam (4-membered cyclic amide) rings is 1. The number of aliphatic hydroxyl groups excluding tert-OH is 1. The zero-order valence-electron chi connectivity index (χ0n) is 17.7. The van der Waals surface area contributed by atoms with E-state index in [0.29, 0.717) is 24.2 Å². The minimum atomic E-state index is -1.13. The maximum absolute atomic E-state index is 12.6. The highest BCUT2D eigenvalue weighted by Gasteiger charge is 2.61. The number of benzene rings is 1. The summed E-state index contributed by atoms with van der Waals surface area (Å²) in [7, 11) is 0. The van der Waals surface area contributed by atoms with Gasteiger partial charge in [0.05, 0.1) is 24.6 Å². The number of alkyl carbamates (subject to hydrolysis) is 1. The Kier molecular flexibility index (Phi) is 5.92. The van der Waals surface area contributed by atoms with Gasteiger partial charge in [-0.1, -0.05) is 18.7 Å². The molecule has 0 unspecified atom stereocenters. The van der Waals surface area contributed by atoms with Crippen molar-refractivity contribution in [3.05, 3.63) is 47.7 Å². The fraction of sp³-hybridized carbons (Fsp3) is 0.435. The molecule has 3 N–H and O–H groups in total. The van der Waals surface area contributed by atoms with E-state index in [1.54, 1.807) is 13.0 Å². The molecule has 1 saturated heterocycles. The highest BCUT2D eigenvalue weighted by molar-refractivity contribution is 6.07. The maximum atomic E-state index is 12.6. The average molecular weight is 442 g/mol. The van der Waals surface area contributed by atoms with Crippen molar-refractivity contribution >= 4 is 23.5 Å². The van der Waals surface area contributed by atoms with E-state index in [0.717, 1.165) is 11.1 Å². The minimum absolute atomic E-state index is 0.0266. The van der Waals surface area contributed by atoms with Crippen LogP contribution in [0.1, 0.15) is 24.5 Å². The lowest BCUT2D eigenvalue weighted by atomic mass is 9.71. The van der Waals surface area contributed by atoms with Crippen LogP contribution in [0, 0.1) is 11.8 Å². The number of aryl methyl sites for hydroxylation is 1. The van der Waals surface area contributed by atoms with Crippen molar-refractivity contribution in [3.8, 4) is 5.75 Å². The number of aliphatic carboxylic acids is 1. The number of carboxylic acid groups (broad SMARTS) is 1. The third kappa shape index (κ3) is 3.62. The molecule has 0 bridgehead atoms. The molecule has 1 fully saturated rings. The van der Waals surface area contributed by atoms with E-state index in [1.807, 2.05) is 12.1 Å². The Balaban J connectivity index is 1.50. The molecule has 9 heteroatoms. The van der Waals surface area contributed by atoms with Crippen LogP contribution in [0.25, 0.3) is 5.57 Å². The molecule has 0 aromatic heterocycles. The first-order valence-corrected chi connectivity index (χ1v) is 10.6. The van der Waals surface area contributed by atoms with Crippen molar-refractivity contribution < 1.29 is 34.1 Å². The predicted octanol–water partition coefficient (Wildman–Crippen LogP) is 1.56. The summed E-state index contributed by atoms with van der Waals surface area (Å²) in [5.41, 5.74) is 2.45. The normalized spacial score (nSPS) is 24.0. The molecule has 1 aromatic carbocycles. The second-order valence-corrected chi connectivity index (χ2v) is 8.16. The van der Waals surface area contributed by atoms with Gasteiger partial charge in [-0.25, -0.2) is 9.59 Å². The molecule has 0 spiro atoms. The first-order valence-electron chi connectivity index (χ1n) is 10.6. The third-order valence-corrected chi connectivity index (χ3v) is 6.25. The zero-order valence-corrected chi connectivity index (χ0v) is 17.7. The first-order chi connectivity index (χ1) is 15.3. The Labute approximate surface area is 185 Å². The summed E-state index contributed by atoms with van der Waals surface area (Å²) in [6, 6.07) is 5.15. The molecular formula is C23H26N2O7. The predicted molar refractivity (Wildman–Crippen MR) is 114 cm³/mol. The monoisotopic (exact) mass is 442 g/mol. The number of carbonyl (C=O) groups is 3. The number of carbonyl (C=O) groups excluding carboxylic acids is 2. The second-order valence-electron chi connectivity index (χ2n) is 8.16. The van der Waals surface area contributed by atoms with Crippen molar-refractivity contribution in [1.29, 1.82) is 0 Å². The summed E-state index contributed by atoms with van der Waals surface area (Å²) in [5.74, 6) is -1.53. The molecule has 4 rings (SSSR count). The lowest BCUT2D eigenvalue weighted by Gasteiger charge is -2.47. The van der Waals surface area contributed by atoms with E-state index in [4.69, 9.17) is 9.47 Å². The molecule has 1 aliphatic carbocycles. The number of amides is 2. The van der Waals surface area contributed by atoms with E-state index in [2.05, 4.69) is 11.9 Å². The van der Waals surface area contributed by atoms with E-state index < -0.39 is 24.1 Å². The highest BCUT2D eigenvalue weighted by Crippen LogP contribution is 2.54. The molecule has 0 radical (unpaired) electrons. The number of hydrogen-bond donors (Lipinski definition) is 3. The van der Waals surface area contributed by atoms with Gasteiger partial charge in [0.2, 0.25) is 5.91 Å². The molecular weight excluding hydrogens is 416 g/mol. The van der Waals surface area contributed by atoms with Gasteiger partial charge in [0.25, 0.3) is 0 Å². The molecule has 9 nitrogen and oxygen atoms in total. The summed E-state index contributed by atoms with van der Waals surface area (Å²) in [6.45, 7) is 5.69. The topological polar surface area (TPSA) is 125 Å². The van der Waals surface area contributed by atoms with Gasteiger partial charge < -0.3 is 29.9 Å². The van der Waals surface area contributed by atoms with Crippen LogP contribution in [0.4, 0.5) is 4.79 Å². The third-order valence-electron chi connectivity index (χ3n) is 6.25. The van der Waals surface area contributed by atoms with Gasteiger partial charge in [0.1, 0.15) is 24.7 Å². The van der Waals surface area contributed by atoms with Crippen LogP contribution in [-0.4, -0.2) is 65.0 Å². The Bertz CT molecular complexity index is 1000. The van der Waals surface area contributed by atoms with Gasteiger partial charge >= 0.3 is 12.1 Å². The number of fused-ring (bicyclic) bond motifs is 5. The molecule has 2 amide bonds. The van der Waals surface area contributed by atoms with Gasteiger partial charge in [-0.2, -0.15) is 0 Å². The summed E-state index contributed by atoms with van der Waals surface area (Å²) < 4.78 is 10.5. The lowest BCUT2D eigenvalue weighted by Crippen LogP contribution is -2.64. The quantitative estimate of drug-likeness (QED) is 0.317. The van der Waals surface area contributed by atoms with Crippen molar-refractivity contribution in [3.63, 3.8) is 0 Å². The number of rotatable bonds is 8. The number of carboxylic acids is 1. The molecule has 2 aliphatic heterocycles. The lowest BCUT2D eigenvalue weighted by molar-refractivity contribution is -0.163. The molecule has 170 valence electrons. The molecule has 0 saturated carbocycles. The second kappa shape index (κ2) is 8.66. The number of nitrogens with zero attached hydrogens (tertiary/aromatic N) is 1. The van der Waals surface area contributed by atoms with Gasteiger partial charge in [-0.05, 0) is 48.6 Å². The van der Waals surface area contributed by atoms with Crippen LogP contribution >= 0.6 is 0 Å². The summed E-state index contributed by atoms with van der Waals surface area (Å²) >= 11 is 0. The van der Waals surface area contributed by atoms with Crippen LogP contribution in [0.2, 0.25) is 0 Å². The van der Waals surface area contributed by atoms with Crippen molar-refractivity contribution in [2.24, 2.45) is 11.8 Å². The Morgan fingerprint density at radius 2 is 2.19 bits per heavy atom. The van der Waals surface area contributed by atoms with Crippen LogP contribution in [0.3, 0.4) is 0 Å². The van der Waals surface area contributed by atoms with E-state index in [-0.39, 0.29) is 43.3 Å². The van der Waals surface area contributed by atoms with Crippen molar-refractivity contribution in [1.82, 2.24) is 10.2 Å². The SMILES string of the molecule is C=CCOC(=O)NCCOc1ccc2c(c1)CC[C@H]1C2=C(C(=O)O)N2C(=O)[C@H]([C@@H](C)O)[C@@H]12. The Morgan fingerprint density at radius 3 is 2.88 bits per heavy atom. The summed E-state index contributed by atoms with van der Waals surface area (Å²) in [4.78, 5) is 37.4. The van der Waals surface area contributed by atoms with Crippen LogP contribution < -0.4 is 10.1 Å². The average Bonchev–Trinajstić information content (AvgIpc) is 3.05. The van der Waals surface area contributed by atoms with Gasteiger partial charge in [-0.15, -0.1) is 0 Å². The standard InChI is InChI=1S/C23H26N2O7/c1-3-9-32-23(30)24-8-10-31-14-5-7-15-13(11-14)4-6-16-18(15)20(22(28)29)25-19(16)17(12(2)26)21(25)27/h3,5,7,11-12,16-17,19,26H,1,4,6,8-10H2,2H3,(H,24,30)(H,28,29)/t12-,16+,17-,19-/m1/s1. The minimum Gasteiger partial charge on any atom is -0.492 e. The zero-order chi connectivity index (χ0) is 23.0. The molecule has 4 atom stereocenters. The first kappa shape index (κ1) is 21.9. The fourth-order valence-electron chi connectivity index (χ4n) is 5.00. The van der Waals surface area contributed by atoms with Gasteiger partial charge in [0, 0.05) is 5.92 Å². The fourth-order valence-corrected chi connectivity index (χ4v) is 5.00. The molecule has 2 heterocycles. The molecule has 3 aliphatic rings. The molecule has 1 aromatic rings. The number of ether oxygens (including phenoxy) is 2. The smallest absolute Gasteiger partial charge is 0.407 e. The van der Waals surface area contributed by atoms with Gasteiger partial charge in [0.15, 0.2) is 0 Å². The highest BCUT2D eigenvalue weighted by atomic mass is 16.5. The number of aliphatic hydroxyl groups is 1. The number of nitrogens with one attached hydrogen (secondary N) is 1. The number of hydrogen-bond acceptors (Lipinski definition) is 6. The van der Waals surface area contributed by atoms with Crippen LogP contribution in [-0.2, 0) is 20.7 Å². The van der Waals surface area contributed by atoms with E-state index >= 15 is 0 Å². The maximum Gasteiger partial charge on any atom is 0.407 e. The Morgan fingerprint density at radius 1 is 1.41 bits per heavy atom. The largest absolute Gasteiger partial charge is 0.492 e. The summed E-state index contributed by atoms with van der Waals surface area (Å²) in [6.07, 6.45) is 1.51. The van der Waals surface area contributed by atoms with Crippen LogP contribution in [0.5, 0.6) is 5.75 Å². The van der Waals surface area contributed by atoms with Crippen LogP contribution in [0.15, 0.2) is 36.6 Å². The van der Waals surface area contributed by atoms with E-state index in [9.17, 15) is 24.6 Å². The van der Waals surface area contributed by atoms with Crippen molar-refractivity contribution in [2.45, 2.75) is 31.9 Å². The summed E-state index contributed by atoms with van der Waals surface area (Å²) in [5, 5.41) is 22.5. The van der Waals surface area contributed by atoms with E-state index in [1.165, 1.54) is 11.0 Å². The van der Waals surface area contributed by atoms with Crippen molar-refractivity contribution in [2.75, 3.05) is 19.8 Å². The van der Waals surface area contributed by atoms with Gasteiger partial charge in [-0.3, -0.25) is 4.79 Å². The molecule has 32 heavy (non-hydrogen) atoms. The Hall–Kier alpha value is -3.33.